The van der Waals surface area contributed by atoms with Crippen molar-refractivity contribution in [1.82, 2.24) is 0 Å². The molecule has 0 saturated carbocycles. The van der Waals surface area contributed by atoms with E-state index in [4.69, 9.17) is 5.11 Å². The molecule has 1 aliphatic heterocycles. The van der Waals surface area contributed by atoms with E-state index in [1.807, 2.05) is 0 Å². The Hall–Kier alpha value is -1.71. The second-order valence-electron chi connectivity index (χ2n) is 3.01. The molecule has 3 N–H and O–H groups in total. The molecule has 1 aromatic rings. The molecule has 0 bridgehead atoms. The average molecular weight is 179 g/mol. The van der Waals surface area contributed by atoms with Gasteiger partial charge in [0.05, 0.1) is 0 Å². The van der Waals surface area contributed by atoms with E-state index in [9.17, 15) is 9.90 Å². The number of carboxylic acids is 1. The quantitative estimate of drug-likeness (QED) is 0.564. The summed E-state index contributed by atoms with van der Waals surface area (Å²) in [6.07, 6.45) is 0.836. The smallest absolute Gasteiger partial charge is 0.339 e. The second-order valence-corrected chi connectivity index (χ2v) is 3.01. The maximum Gasteiger partial charge on any atom is 0.339 e. The number of hydrogen-bond donors (Lipinski definition) is 3. The molecule has 0 spiro atoms. The van der Waals surface area contributed by atoms with Gasteiger partial charge in [-0.1, -0.05) is 0 Å². The SMILES string of the molecule is O=C(O)c1cc2c(cc1O)CCN2. The number of hydrogen-bond acceptors (Lipinski definition) is 3. The molecule has 0 fully saturated rings. The molecule has 68 valence electrons. The lowest BCUT2D eigenvalue weighted by Crippen LogP contribution is -1.98. The first-order valence-electron chi connectivity index (χ1n) is 4.01. The van der Waals surface area contributed by atoms with Gasteiger partial charge in [0.25, 0.3) is 0 Å². The third-order valence-corrected chi connectivity index (χ3v) is 2.16. The van der Waals surface area contributed by atoms with E-state index in [0.29, 0.717) is 0 Å². The number of nitrogens with one attached hydrogen (secondary N) is 1. The topological polar surface area (TPSA) is 69.6 Å². The zero-order chi connectivity index (χ0) is 9.42. The van der Waals surface area contributed by atoms with Gasteiger partial charge in [0.1, 0.15) is 11.3 Å². The van der Waals surface area contributed by atoms with Crippen LogP contribution in [0, 0.1) is 0 Å². The Kier molecular flexibility index (Phi) is 1.62. The molecule has 0 amide bonds. The van der Waals surface area contributed by atoms with E-state index in [1.165, 1.54) is 12.1 Å². The van der Waals surface area contributed by atoms with Crippen molar-refractivity contribution in [2.24, 2.45) is 0 Å². The highest BCUT2D eigenvalue weighted by Gasteiger charge is 2.17. The Balaban J connectivity index is 2.55. The normalized spacial score (nSPS) is 13.5. The van der Waals surface area contributed by atoms with Gasteiger partial charge in [-0.25, -0.2) is 4.79 Å². The predicted octanol–water partition coefficient (Wildman–Crippen LogP) is 1.06. The van der Waals surface area contributed by atoms with E-state index in [2.05, 4.69) is 5.32 Å². The molecule has 0 saturated heterocycles. The molecular formula is C9H9NO3. The minimum absolute atomic E-state index is 0.0480. The number of aromatic carboxylic acids is 1. The van der Waals surface area contributed by atoms with Crippen molar-refractivity contribution in [3.63, 3.8) is 0 Å². The highest BCUT2D eigenvalue weighted by atomic mass is 16.4. The summed E-state index contributed by atoms with van der Waals surface area (Å²) in [6.45, 7) is 0.803. The van der Waals surface area contributed by atoms with Crippen LogP contribution < -0.4 is 5.32 Å². The third-order valence-electron chi connectivity index (χ3n) is 2.16. The van der Waals surface area contributed by atoms with Crippen LogP contribution in [0.2, 0.25) is 0 Å². The molecular weight excluding hydrogens is 170 g/mol. The van der Waals surface area contributed by atoms with Gasteiger partial charge in [0.15, 0.2) is 0 Å². The molecule has 0 atom stereocenters. The fourth-order valence-corrected chi connectivity index (χ4v) is 1.51. The van der Waals surface area contributed by atoms with Gasteiger partial charge in [0.2, 0.25) is 0 Å². The monoisotopic (exact) mass is 179 g/mol. The first kappa shape index (κ1) is 7.91. The second kappa shape index (κ2) is 2.65. The van der Waals surface area contributed by atoms with Crippen LogP contribution in [-0.4, -0.2) is 22.7 Å². The molecule has 4 heteroatoms. The molecule has 4 nitrogen and oxygen atoms in total. The lowest BCUT2D eigenvalue weighted by molar-refractivity contribution is 0.0694. The minimum Gasteiger partial charge on any atom is -0.507 e. The number of aromatic hydroxyl groups is 1. The molecule has 0 unspecified atom stereocenters. The first-order valence-corrected chi connectivity index (χ1v) is 4.01. The van der Waals surface area contributed by atoms with Gasteiger partial charge in [-0.15, -0.1) is 0 Å². The van der Waals surface area contributed by atoms with Crippen LogP contribution in [-0.2, 0) is 6.42 Å². The van der Waals surface area contributed by atoms with Crippen molar-refractivity contribution in [2.75, 3.05) is 11.9 Å². The lowest BCUT2D eigenvalue weighted by Gasteiger charge is -2.03. The van der Waals surface area contributed by atoms with Gasteiger partial charge >= 0.3 is 5.97 Å². The van der Waals surface area contributed by atoms with Crippen molar-refractivity contribution in [2.45, 2.75) is 6.42 Å². The first-order chi connectivity index (χ1) is 6.18. The Labute approximate surface area is 74.8 Å². The van der Waals surface area contributed by atoms with Gasteiger partial charge < -0.3 is 15.5 Å². The maximum absolute atomic E-state index is 10.6. The number of anilines is 1. The van der Waals surface area contributed by atoms with Crippen LogP contribution in [0.1, 0.15) is 15.9 Å². The third kappa shape index (κ3) is 1.20. The van der Waals surface area contributed by atoms with Crippen molar-refractivity contribution >= 4 is 11.7 Å². The van der Waals surface area contributed by atoms with Gasteiger partial charge in [-0.3, -0.25) is 0 Å². The Morgan fingerprint density at radius 1 is 1.46 bits per heavy atom. The summed E-state index contributed by atoms with van der Waals surface area (Å²) in [5.74, 6) is -1.26. The van der Waals surface area contributed by atoms with Crippen LogP contribution in [0.4, 0.5) is 5.69 Å². The summed E-state index contributed by atoms with van der Waals surface area (Å²) in [4.78, 5) is 10.6. The number of fused-ring (bicyclic) bond motifs is 1. The van der Waals surface area contributed by atoms with E-state index in [-0.39, 0.29) is 11.3 Å². The summed E-state index contributed by atoms with van der Waals surface area (Å²) in [5.41, 5.74) is 1.74. The van der Waals surface area contributed by atoms with Crippen molar-refractivity contribution in [1.29, 1.82) is 0 Å². The fraction of sp³-hybridized carbons (Fsp3) is 0.222. The van der Waals surface area contributed by atoms with E-state index < -0.39 is 5.97 Å². The van der Waals surface area contributed by atoms with Crippen molar-refractivity contribution in [3.8, 4) is 5.75 Å². The largest absolute Gasteiger partial charge is 0.507 e. The number of phenols is 1. The number of rotatable bonds is 1. The number of carboxylic acid groups (broad SMARTS) is 1. The van der Waals surface area contributed by atoms with Crippen LogP contribution in [0.15, 0.2) is 12.1 Å². The summed E-state index contributed by atoms with van der Waals surface area (Å²) in [7, 11) is 0. The summed E-state index contributed by atoms with van der Waals surface area (Å²) >= 11 is 0. The number of carbonyl (C=O) groups is 1. The molecule has 1 heterocycles. The lowest BCUT2D eigenvalue weighted by atomic mass is 10.1. The molecule has 0 radical (unpaired) electrons. The van der Waals surface area contributed by atoms with E-state index in [0.717, 1.165) is 24.2 Å². The average Bonchev–Trinajstić information content (AvgIpc) is 2.48. The van der Waals surface area contributed by atoms with Crippen LogP contribution >= 0.6 is 0 Å². The van der Waals surface area contributed by atoms with E-state index in [1.54, 1.807) is 0 Å². The zero-order valence-electron chi connectivity index (χ0n) is 6.87. The molecule has 13 heavy (non-hydrogen) atoms. The Morgan fingerprint density at radius 3 is 2.92 bits per heavy atom. The summed E-state index contributed by atoms with van der Waals surface area (Å²) in [6, 6.07) is 2.98. The van der Waals surface area contributed by atoms with Gasteiger partial charge in [0, 0.05) is 12.2 Å². The van der Waals surface area contributed by atoms with E-state index >= 15 is 0 Å². The van der Waals surface area contributed by atoms with Crippen molar-refractivity contribution in [3.05, 3.63) is 23.3 Å². The minimum atomic E-state index is -1.10. The van der Waals surface area contributed by atoms with Gasteiger partial charge in [-0.05, 0) is 24.1 Å². The summed E-state index contributed by atoms with van der Waals surface area (Å²) in [5, 5.41) is 21.1. The predicted molar refractivity (Wildman–Crippen MR) is 47.3 cm³/mol. The molecule has 0 aromatic heterocycles. The molecule has 0 aliphatic carbocycles. The zero-order valence-corrected chi connectivity index (χ0v) is 6.87. The summed E-state index contributed by atoms with van der Waals surface area (Å²) < 4.78 is 0. The van der Waals surface area contributed by atoms with Crippen LogP contribution in [0.5, 0.6) is 5.75 Å². The standard InChI is InChI=1S/C9H9NO3/c11-8-3-5-1-2-10-7(5)4-6(8)9(12)13/h3-4,10-11H,1-2H2,(H,12,13). The Bertz CT molecular complexity index is 373. The fourth-order valence-electron chi connectivity index (χ4n) is 1.51. The van der Waals surface area contributed by atoms with Gasteiger partial charge in [-0.2, -0.15) is 0 Å². The van der Waals surface area contributed by atoms with Crippen LogP contribution in [0.25, 0.3) is 0 Å². The molecule has 1 aromatic carbocycles. The Morgan fingerprint density at radius 2 is 2.23 bits per heavy atom. The molecule has 2 rings (SSSR count). The van der Waals surface area contributed by atoms with Crippen LogP contribution in [0.3, 0.4) is 0 Å². The highest BCUT2D eigenvalue weighted by molar-refractivity contribution is 5.92. The van der Waals surface area contributed by atoms with Crippen molar-refractivity contribution < 1.29 is 15.0 Å². The molecule has 1 aliphatic rings. The number of benzene rings is 1. The highest BCUT2D eigenvalue weighted by Crippen LogP contribution is 2.29. The maximum atomic E-state index is 10.6.